The predicted molar refractivity (Wildman–Crippen MR) is 412 cm³/mol. The normalized spacial score (nSPS) is 10.7. The average Bonchev–Trinajstić information content (AvgIpc) is 0.805. The van der Waals surface area contributed by atoms with Gasteiger partial charge in [0.1, 0.15) is 21.3 Å². The summed E-state index contributed by atoms with van der Waals surface area (Å²) < 4.78 is 13.2. The summed E-state index contributed by atoms with van der Waals surface area (Å²) in [7, 11) is 0. The average molecular weight is 1380 g/mol. The van der Waals surface area contributed by atoms with Crippen molar-refractivity contribution in [1.82, 2.24) is 34.9 Å². The summed E-state index contributed by atoms with van der Waals surface area (Å²) in [5, 5.41) is 3.90. The number of aromatic nitrogens is 7. The number of aryl methyl sites for hydroxylation is 1. The molecular formula is C88H60Cl4FN7. The highest BCUT2D eigenvalue weighted by molar-refractivity contribution is 6.30. The van der Waals surface area contributed by atoms with E-state index >= 15 is 0 Å². The van der Waals surface area contributed by atoms with Gasteiger partial charge in [0.15, 0.2) is 11.6 Å². The molecule has 100 heavy (non-hydrogen) atoms. The Bertz CT molecular complexity index is 5310. The molecule has 0 saturated carbocycles. The highest BCUT2D eigenvalue weighted by Crippen LogP contribution is 2.35. The Kier molecular flexibility index (Phi) is 21.5. The summed E-state index contributed by atoms with van der Waals surface area (Å²) in [6.45, 7) is 2.06. The SMILES string of the molecule is Cc1ccc(-c2nc(Cl)cc(-c3cccc4ccccc34)n2)cc1.Clc1cc(-c2ccccc2)nc(-c2ccccc2)n1.Clc1nc(-c2ccccc2)cc(-c2ccc(-c3ccc(-c4ccccc4)cc3)cc2)n1.Fc1ccc(-c2cc(-c3ccc(-c4ccccc4)cc3)cc(Cl)n2)cc1. The third-order valence-corrected chi connectivity index (χ3v) is 17.2. The summed E-state index contributed by atoms with van der Waals surface area (Å²) >= 11 is 24.8. The zero-order valence-electron chi connectivity index (χ0n) is 53.9. The minimum Gasteiger partial charge on any atom is -0.236 e. The Hall–Kier alpha value is -11.6. The molecule has 0 unspecified atom stereocenters. The number of nitrogens with zero attached hydrogens (tertiary/aromatic N) is 7. The fourth-order valence-electron chi connectivity index (χ4n) is 11.3. The third-order valence-electron chi connectivity index (χ3n) is 16.4. The molecule has 0 radical (unpaired) electrons. The fraction of sp³-hybridized carbons (Fsp3) is 0.0114. The smallest absolute Gasteiger partial charge is 0.223 e. The third kappa shape index (κ3) is 17.2. The van der Waals surface area contributed by atoms with Crippen LogP contribution in [0.2, 0.25) is 20.7 Å². The number of rotatable bonds is 11. The molecule has 16 aromatic rings. The molecule has 16 rings (SSSR count). The number of halogens is 5. The molecule has 0 N–H and O–H groups in total. The number of hydrogen-bond donors (Lipinski definition) is 0. The van der Waals surface area contributed by atoms with Crippen molar-refractivity contribution in [3.8, 4) is 124 Å². The molecule has 0 fully saturated rings. The van der Waals surface area contributed by atoms with Crippen molar-refractivity contribution in [1.29, 1.82) is 0 Å². The number of hydrogen-bond acceptors (Lipinski definition) is 7. The number of pyridine rings is 1. The van der Waals surface area contributed by atoms with Crippen molar-refractivity contribution < 1.29 is 4.39 Å². The Morgan fingerprint density at radius 2 is 0.550 bits per heavy atom. The first-order valence-corrected chi connectivity index (χ1v) is 33.7. The van der Waals surface area contributed by atoms with E-state index in [1.807, 2.05) is 170 Å². The van der Waals surface area contributed by atoms with Crippen molar-refractivity contribution >= 4 is 57.2 Å². The van der Waals surface area contributed by atoms with Crippen molar-refractivity contribution in [2.75, 3.05) is 0 Å². The van der Waals surface area contributed by atoms with Gasteiger partial charge >= 0.3 is 0 Å². The van der Waals surface area contributed by atoms with E-state index in [0.717, 1.165) is 95.1 Å². The maximum atomic E-state index is 13.2. The van der Waals surface area contributed by atoms with E-state index in [4.69, 9.17) is 51.4 Å². The lowest BCUT2D eigenvalue weighted by Crippen LogP contribution is -1.94. The lowest BCUT2D eigenvalue weighted by atomic mass is 9.99. The molecule has 0 atom stereocenters. The van der Waals surface area contributed by atoms with Crippen LogP contribution in [0.4, 0.5) is 4.39 Å². The summed E-state index contributed by atoms with van der Waals surface area (Å²) in [4.78, 5) is 31.2. The van der Waals surface area contributed by atoms with Crippen LogP contribution in [-0.2, 0) is 0 Å². The lowest BCUT2D eigenvalue weighted by Gasteiger charge is -2.09. The molecule has 0 aliphatic rings. The molecule has 0 bridgehead atoms. The van der Waals surface area contributed by atoms with Crippen LogP contribution in [0.1, 0.15) is 5.56 Å². The molecule has 7 nitrogen and oxygen atoms in total. The van der Waals surface area contributed by atoms with Crippen LogP contribution < -0.4 is 0 Å². The van der Waals surface area contributed by atoms with Crippen LogP contribution in [0.15, 0.2) is 346 Å². The molecule has 4 aromatic heterocycles. The molecule has 0 saturated heterocycles. The van der Waals surface area contributed by atoms with Crippen LogP contribution in [0, 0.1) is 12.7 Å². The summed E-state index contributed by atoms with van der Waals surface area (Å²) in [6.07, 6.45) is 0. The molecule has 0 aliphatic carbocycles. The number of fused-ring (bicyclic) bond motifs is 1. The maximum Gasteiger partial charge on any atom is 0.223 e. The molecular weight excluding hydrogens is 1320 g/mol. The Morgan fingerprint density at radius 3 is 1.04 bits per heavy atom. The van der Waals surface area contributed by atoms with E-state index in [2.05, 4.69) is 182 Å². The Labute approximate surface area is 600 Å². The van der Waals surface area contributed by atoms with Gasteiger partial charge in [-0.15, -0.1) is 0 Å². The highest BCUT2D eigenvalue weighted by atomic mass is 35.5. The molecule has 4 heterocycles. The molecule has 0 aliphatic heterocycles. The van der Waals surface area contributed by atoms with E-state index in [-0.39, 0.29) is 11.1 Å². The topological polar surface area (TPSA) is 90.2 Å². The molecule has 12 heteroatoms. The zero-order chi connectivity index (χ0) is 68.6. The van der Waals surface area contributed by atoms with Gasteiger partial charge < -0.3 is 0 Å². The summed E-state index contributed by atoms with van der Waals surface area (Å²) in [5.41, 5.74) is 21.2. The van der Waals surface area contributed by atoms with E-state index in [1.165, 1.54) is 45.3 Å². The van der Waals surface area contributed by atoms with Gasteiger partial charge in [-0.05, 0) is 116 Å². The first-order valence-electron chi connectivity index (χ1n) is 32.2. The second kappa shape index (κ2) is 32.2. The second-order valence-electron chi connectivity index (χ2n) is 23.2. The van der Waals surface area contributed by atoms with Crippen LogP contribution in [0.5, 0.6) is 0 Å². The monoisotopic (exact) mass is 1370 g/mol. The van der Waals surface area contributed by atoms with Gasteiger partial charge in [-0.25, -0.2) is 39.3 Å². The standard InChI is InChI=1S/C28H19ClN2.C23H15ClFN.C21H15ClN2.C16H11ClN2/c29-28-30-26(24-9-5-2-6-10-24)19-27(31-28)25-17-15-23(16-18-25)22-13-11-21(12-14-22)20-7-3-1-4-8-20;24-23-15-20(14-22(26-23)19-10-12-21(25)13-11-19)18-8-6-17(7-9-18)16-4-2-1-3-5-16;1-14-9-11-16(12-10-14)21-23-19(13-20(22)24-21)18-8-4-6-15-5-2-3-7-17(15)18;17-15-11-14(12-7-3-1-4-8-12)18-16(19-15)13-9-5-2-6-10-13/h1-19H;1-15H;2-13H,1H3;1-11H. The van der Waals surface area contributed by atoms with Crippen LogP contribution >= 0.6 is 46.4 Å². The van der Waals surface area contributed by atoms with E-state index < -0.39 is 0 Å². The van der Waals surface area contributed by atoms with Gasteiger partial charge in [-0.2, -0.15) is 0 Å². The van der Waals surface area contributed by atoms with Crippen molar-refractivity contribution in [2.24, 2.45) is 0 Å². The quantitative estimate of drug-likeness (QED) is 0.0724. The minimum absolute atomic E-state index is 0.247. The van der Waals surface area contributed by atoms with Gasteiger partial charge in [0.25, 0.3) is 0 Å². The van der Waals surface area contributed by atoms with Gasteiger partial charge in [0.05, 0.1) is 28.5 Å². The van der Waals surface area contributed by atoms with Crippen molar-refractivity contribution in [3.05, 3.63) is 378 Å². The molecule has 0 spiro atoms. The van der Waals surface area contributed by atoms with Crippen molar-refractivity contribution in [3.63, 3.8) is 0 Å². The highest BCUT2D eigenvalue weighted by Gasteiger charge is 2.14. The van der Waals surface area contributed by atoms with Gasteiger partial charge in [-0.1, -0.05) is 332 Å². The maximum absolute atomic E-state index is 13.2. The summed E-state index contributed by atoms with van der Waals surface area (Å²) in [5.74, 6) is 1.02. The van der Waals surface area contributed by atoms with E-state index in [9.17, 15) is 4.39 Å². The van der Waals surface area contributed by atoms with Crippen LogP contribution in [-0.4, -0.2) is 34.9 Å². The van der Waals surface area contributed by atoms with Crippen LogP contribution in [0.25, 0.3) is 134 Å². The first kappa shape index (κ1) is 67.0. The zero-order valence-corrected chi connectivity index (χ0v) is 57.0. The Balaban J connectivity index is 0.000000121. The lowest BCUT2D eigenvalue weighted by molar-refractivity contribution is 0.628. The number of benzene rings is 12. The molecule has 0 amide bonds. The first-order chi connectivity index (χ1) is 49.0. The molecule has 482 valence electrons. The molecule has 12 aromatic carbocycles. The van der Waals surface area contributed by atoms with E-state index in [1.54, 1.807) is 18.2 Å². The van der Waals surface area contributed by atoms with Gasteiger partial charge in [0.2, 0.25) is 5.28 Å². The van der Waals surface area contributed by atoms with Gasteiger partial charge in [0, 0.05) is 51.1 Å². The Morgan fingerprint density at radius 1 is 0.230 bits per heavy atom. The van der Waals surface area contributed by atoms with E-state index in [0.29, 0.717) is 27.1 Å². The second-order valence-corrected chi connectivity index (χ2v) is 24.7. The summed E-state index contributed by atoms with van der Waals surface area (Å²) in [6, 6.07) is 114. The van der Waals surface area contributed by atoms with Gasteiger partial charge in [-0.3, -0.25) is 0 Å². The largest absolute Gasteiger partial charge is 0.236 e. The van der Waals surface area contributed by atoms with Crippen molar-refractivity contribution in [2.45, 2.75) is 6.92 Å². The fourth-order valence-corrected chi connectivity index (χ4v) is 12.0. The minimum atomic E-state index is -0.271. The predicted octanol–water partition coefficient (Wildman–Crippen LogP) is 25.1. The van der Waals surface area contributed by atoms with Crippen LogP contribution in [0.3, 0.4) is 0 Å².